The van der Waals surface area contributed by atoms with Crippen LogP contribution in [0.1, 0.15) is 5.56 Å². The number of para-hydroxylation sites is 1. The lowest BCUT2D eigenvalue weighted by Gasteiger charge is -2.08. The average Bonchev–Trinajstić information content (AvgIpc) is 2.41. The Hall–Kier alpha value is -2.35. The van der Waals surface area contributed by atoms with Gasteiger partial charge in [0.05, 0.1) is 0 Å². The number of hydrogen-bond acceptors (Lipinski definition) is 2. The Kier molecular flexibility index (Phi) is 2.49. The maximum Gasteiger partial charge on any atom is 0.339 e. The van der Waals surface area contributed by atoms with Crippen LogP contribution in [-0.2, 0) is 0 Å². The second-order valence-corrected chi connectivity index (χ2v) is 4.25. The van der Waals surface area contributed by atoms with E-state index in [0.717, 1.165) is 16.5 Å². The summed E-state index contributed by atoms with van der Waals surface area (Å²) < 4.78 is 5.30. The molecule has 0 amide bonds. The SMILES string of the molecule is Cc1c(-c2ccccc2)c2ccccc2oc1=O. The van der Waals surface area contributed by atoms with E-state index in [9.17, 15) is 4.79 Å². The number of benzene rings is 2. The smallest absolute Gasteiger partial charge is 0.339 e. The quantitative estimate of drug-likeness (QED) is 0.602. The summed E-state index contributed by atoms with van der Waals surface area (Å²) in [4.78, 5) is 11.9. The highest BCUT2D eigenvalue weighted by atomic mass is 16.4. The Morgan fingerprint density at radius 3 is 2.33 bits per heavy atom. The van der Waals surface area contributed by atoms with Gasteiger partial charge < -0.3 is 4.42 Å². The molecule has 0 fully saturated rings. The zero-order valence-electron chi connectivity index (χ0n) is 10.0. The third kappa shape index (κ3) is 1.63. The molecule has 0 bridgehead atoms. The fourth-order valence-electron chi connectivity index (χ4n) is 2.22. The van der Waals surface area contributed by atoms with E-state index >= 15 is 0 Å². The first-order valence-electron chi connectivity index (χ1n) is 5.85. The molecule has 0 N–H and O–H groups in total. The number of rotatable bonds is 1. The van der Waals surface area contributed by atoms with Crippen LogP contribution in [0.2, 0.25) is 0 Å². The predicted octanol–water partition coefficient (Wildman–Crippen LogP) is 3.77. The Bertz CT molecular complexity index is 755. The molecule has 0 aliphatic rings. The van der Waals surface area contributed by atoms with Gasteiger partial charge in [0, 0.05) is 16.5 Å². The molecule has 0 saturated heterocycles. The first-order chi connectivity index (χ1) is 8.77. The van der Waals surface area contributed by atoms with Crippen molar-refractivity contribution in [3.63, 3.8) is 0 Å². The van der Waals surface area contributed by atoms with Gasteiger partial charge in [-0.3, -0.25) is 0 Å². The van der Waals surface area contributed by atoms with Crippen LogP contribution < -0.4 is 5.63 Å². The molecule has 3 aromatic rings. The van der Waals surface area contributed by atoms with Gasteiger partial charge in [0.25, 0.3) is 0 Å². The molecule has 0 aliphatic carbocycles. The van der Waals surface area contributed by atoms with Crippen molar-refractivity contribution in [3.05, 3.63) is 70.6 Å². The van der Waals surface area contributed by atoms with Crippen LogP contribution in [-0.4, -0.2) is 0 Å². The minimum absolute atomic E-state index is 0.271. The topological polar surface area (TPSA) is 30.2 Å². The van der Waals surface area contributed by atoms with E-state index in [0.29, 0.717) is 11.1 Å². The molecule has 0 atom stereocenters. The Labute approximate surface area is 105 Å². The van der Waals surface area contributed by atoms with Crippen LogP contribution in [0.3, 0.4) is 0 Å². The van der Waals surface area contributed by atoms with Crippen LogP contribution in [0.5, 0.6) is 0 Å². The van der Waals surface area contributed by atoms with Gasteiger partial charge in [0.2, 0.25) is 0 Å². The number of hydrogen-bond donors (Lipinski definition) is 0. The Morgan fingerprint density at radius 1 is 0.889 bits per heavy atom. The second-order valence-electron chi connectivity index (χ2n) is 4.25. The normalized spacial score (nSPS) is 10.7. The molecule has 0 radical (unpaired) electrons. The molecule has 88 valence electrons. The maximum atomic E-state index is 11.9. The van der Waals surface area contributed by atoms with Gasteiger partial charge in [0.1, 0.15) is 5.58 Å². The van der Waals surface area contributed by atoms with Crippen molar-refractivity contribution in [2.24, 2.45) is 0 Å². The summed E-state index contributed by atoms with van der Waals surface area (Å²) in [5.41, 5.74) is 3.01. The third-order valence-corrected chi connectivity index (χ3v) is 3.10. The van der Waals surface area contributed by atoms with Gasteiger partial charge >= 0.3 is 5.63 Å². The van der Waals surface area contributed by atoms with Crippen LogP contribution in [0, 0.1) is 6.92 Å². The molecule has 1 aromatic heterocycles. The molecule has 0 spiro atoms. The van der Waals surface area contributed by atoms with E-state index in [1.165, 1.54) is 0 Å². The third-order valence-electron chi connectivity index (χ3n) is 3.10. The minimum Gasteiger partial charge on any atom is -0.422 e. The first-order valence-corrected chi connectivity index (χ1v) is 5.85. The van der Waals surface area contributed by atoms with Crippen molar-refractivity contribution in [2.75, 3.05) is 0 Å². The van der Waals surface area contributed by atoms with Crippen molar-refractivity contribution < 1.29 is 4.42 Å². The van der Waals surface area contributed by atoms with E-state index in [4.69, 9.17) is 4.42 Å². The maximum absolute atomic E-state index is 11.9. The van der Waals surface area contributed by atoms with Crippen molar-refractivity contribution >= 4 is 11.0 Å². The van der Waals surface area contributed by atoms with Crippen LogP contribution in [0.15, 0.2) is 63.8 Å². The van der Waals surface area contributed by atoms with E-state index < -0.39 is 0 Å². The van der Waals surface area contributed by atoms with Crippen molar-refractivity contribution in [3.8, 4) is 11.1 Å². The molecule has 0 aliphatic heterocycles. The summed E-state index contributed by atoms with van der Waals surface area (Å²) in [5.74, 6) is 0. The summed E-state index contributed by atoms with van der Waals surface area (Å²) in [6.07, 6.45) is 0. The summed E-state index contributed by atoms with van der Waals surface area (Å²) >= 11 is 0. The monoisotopic (exact) mass is 236 g/mol. The van der Waals surface area contributed by atoms with Crippen molar-refractivity contribution in [1.29, 1.82) is 0 Å². The highest BCUT2D eigenvalue weighted by Crippen LogP contribution is 2.29. The van der Waals surface area contributed by atoms with Gasteiger partial charge in [-0.1, -0.05) is 48.5 Å². The van der Waals surface area contributed by atoms with Gasteiger partial charge in [-0.25, -0.2) is 4.79 Å². The lowest BCUT2D eigenvalue weighted by atomic mass is 9.98. The number of fused-ring (bicyclic) bond motifs is 1. The van der Waals surface area contributed by atoms with Gasteiger partial charge in [-0.2, -0.15) is 0 Å². The zero-order valence-corrected chi connectivity index (χ0v) is 10.0. The van der Waals surface area contributed by atoms with E-state index in [-0.39, 0.29) is 5.63 Å². The van der Waals surface area contributed by atoms with Gasteiger partial charge in [-0.15, -0.1) is 0 Å². The van der Waals surface area contributed by atoms with Crippen molar-refractivity contribution in [1.82, 2.24) is 0 Å². The van der Waals surface area contributed by atoms with Crippen LogP contribution >= 0.6 is 0 Å². The van der Waals surface area contributed by atoms with Crippen LogP contribution in [0.25, 0.3) is 22.1 Å². The lowest BCUT2D eigenvalue weighted by Crippen LogP contribution is -2.05. The largest absolute Gasteiger partial charge is 0.422 e. The van der Waals surface area contributed by atoms with E-state index in [1.54, 1.807) is 6.92 Å². The fraction of sp³-hybridized carbons (Fsp3) is 0.0625. The summed E-state index contributed by atoms with van der Waals surface area (Å²) in [7, 11) is 0. The molecule has 18 heavy (non-hydrogen) atoms. The molecular formula is C16H12O2. The van der Waals surface area contributed by atoms with Crippen molar-refractivity contribution in [2.45, 2.75) is 6.92 Å². The van der Waals surface area contributed by atoms with E-state index in [2.05, 4.69) is 0 Å². The molecule has 2 aromatic carbocycles. The highest BCUT2D eigenvalue weighted by molar-refractivity contribution is 5.94. The van der Waals surface area contributed by atoms with Gasteiger partial charge in [-0.05, 0) is 18.6 Å². The van der Waals surface area contributed by atoms with Gasteiger partial charge in [0.15, 0.2) is 0 Å². The Morgan fingerprint density at radius 2 is 1.56 bits per heavy atom. The summed E-state index contributed by atoms with van der Waals surface area (Å²) in [5, 5.41) is 0.973. The predicted molar refractivity (Wildman–Crippen MR) is 72.7 cm³/mol. The minimum atomic E-state index is -0.271. The summed E-state index contributed by atoms with van der Waals surface area (Å²) in [6.45, 7) is 1.81. The fourth-order valence-corrected chi connectivity index (χ4v) is 2.22. The second kappa shape index (κ2) is 4.15. The molecule has 3 rings (SSSR count). The standard InChI is InChI=1S/C16H12O2/c1-11-15(12-7-3-2-4-8-12)13-9-5-6-10-14(13)18-16(11)17/h2-10H,1H3. The summed E-state index contributed by atoms with van der Waals surface area (Å²) in [6, 6.07) is 17.5. The van der Waals surface area contributed by atoms with E-state index in [1.807, 2.05) is 54.6 Å². The molecule has 1 heterocycles. The zero-order chi connectivity index (χ0) is 12.5. The highest BCUT2D eigenvalue weighted by Gasteiger charge is 2.11. The molecule has 0 saturated carbocycles. The molecule has 0 unspecified atom stereocenters. The lowest BCUT2D eigenvalue weighted by molar-refractivity contribution is 0.556. The molecular weight excluding hydrogens is 224 g/mol. The first kappa shape index (κ1) is 10.8. The van der Waals surface area contributed by atoms with Crippen LogP contribution in [0.4, 0.5) is 0 Å². The molecule has 2 heteroatoms. The average molecular weight is 236 g/mol. The molecule has 2 nitrogen and oxygen atoms in total. The Balaban J connectivity index is 2.47.